The number of fused-ring (bicyclic) bond motifs is 1. The van der Waals surface area contributed by atoms with Crippen molar-refractivity contribution in [2.24, 2.45) is 0 Å². The van der Waals surface area contributed by atoms with Gasteiger partial charge in [0, 0.05) is 36.0 Å². The van der Waals surface area contributed by atoms with Crippen LogP contribution in [-0.4, -0.2) is 19.0 Å². The number of rotatable bonds is 4. The van der Waals surface area contributed by atoms with Crippen molar-refractivity contribution in [2.75, 3.05) is 0 Å². The molecule has 6 nitrogen and oxygen atoms in total. The highest BCUT2D eigenvalue weighted by Gasteiger charge is 2.25. The number of nitrogens with zero attached hydrogens (tertiary/aromatic N) is 4. The van der Waals surface area contributed by atoms with Gasteiger partial charge >= 0.3 is 0 Å². The first-order chi connectivity index (χ1) is 10.2. The summed E-state index contributed by atoms with van der Waals surface area (Å²) < 4.78 is 4.25. The Bertz CT molecular complexity index is 829. The topological polar surface area (TPSA) is 65.9 Å². The number of hydrogen-bond acceptors (Lipinski definition) is 3. The molecular formula is C15H14N4O2. The molecule has 0 aliphatic heterocycles. The Balaban J connectivity index is 1.74. The molecule has 0 spiro atoms. The average molecular weight is 282 g/mol. The minimum atomic E-state index is -0.356. The molecule has 0 unspecified atom stereocenters. The van der Waals surface area contributed by atoms with Gasteiger partial charge in [-0.25, -0.2) is 4.98 Å². The van der Waals surface area contributed by atoms with Gasteiger partial charge in [0.2, 0.25) is 0 Å². The largest absolute Gasteiger partial charge is 0.341 e. The third-order valence-corrected chi connectivity index (χ3v) is 3.99. The molecule has 0 amide bonds. The van der Waals surface area contributed by atoms with Crippen LogP contribution >= 0.6 is 0 Å². The van der Waals surface area contributed by atoms with Crippen LogP contribution in [0.1, 0.15) is 24.6 Å². The maximum Gasteiger partial charge on any atom is 0.271 e. The smallest absolute Gasteiger partial charge is 0.271 e. The Labute approximate surface area is 120 Å². The molecule has 0 saturated heterocycles. The summed E-state index contributed by atoms with van der Waals surface area (Å²) in [5.41, 5.74) is 2.15. The van der Waals surface area contributed by atoms with Crippen LogP contribution in [0.3, 0.4) is 0 Å². The van der Waals surface area contributed by atoms with Crippen molar-refractivity contribution in [2.45, 2.75) is 25.4 Å². The van der Waals surface area contributed by atoms with Crippen LogP contribution in [0.4, 0.5) is 5.69 Å². The Morgan fingerprint density at radius 1 is 1.33 bits per heavy atom. The molecule has 21 heavy (non-hydrogen) atoms. The normalized spacial score (nSPS) is 14.7. The zero-order valence-corrected chi connectivity index (χ0v) is 11.3. The van der Waals surface area contributed by atoms with Crippen LogP contribution in [-0.2, 0) is 6.54 Å². The first-order valence-corrected chi connectivity index (χ1v) is 6.96. The van der Waals surface area contributed by atoms with Gasteiger partial charge in [0.25, 0.3) is 5.69 Å². The molecule has 0 N–H and O–H groups in total. The molecular weight excluding hydrogens is 268 g/mol. The van der Waals surface area contributed by atoms with Crippen LogP contribution in [0.2, 0.25) is 0 Å². The molecule has 1 aliphatic carbocycles. The number of nitro benzene ring substituents is 1. The van der Waals surface area contributed by atoms with E-state index in [0.717, 1.165) is 16.6 Å². The molecule has 2 aromatic heterocycles. The van der Waals surface area contributed by atoms with Gasteiger partial charge in [-0.1, -0.05) is 0 Å². The fourth-order valence-electron chi connectivity index (χ4n) is 2.73. The number of nitro groups is 1. The van der Waals surface area contributed by atoms with Crippen LogP contribution in [0.5, 0.6) is 0 Å². The second-order valence-electron chi connectivity index (χ2n) is 5.47. The van der Waals surface area contributed by atoms with Gasteiger partial charge in [-0.2, -0.15) is 0 Å². The number of non-ortho nitro benzene ring substituents is 1. The second kappa shape index (κ2) is 4.44. The summed E-state index contributed by atoms with van der Waals surface area (Å²) in [5, 5.41) is 11.9. The van der Waals surface area contributed by atoms with Crippen molar-refractivity contribution in [3.05, 3.63) is 58.8 Å². The lowest BCUT2D eigenvalue weighted by molar-refractivity contribution is -0.384. The van der Waals surface area contributed by atoms with Gasteiger partial charge < -0.3 is 9.13 Å². The van der Waals surface area contributed by atoms with E-state index < -0.39 is 0 Å². The molecule has 1 fully saturated rings. The van der Waals surface area contributed by atoms with E-state index in [1.54, 1.807) is 18.2 Å². The number of hydrogen-bond donors (Lipinski definition) is 0. The lowest BCUT2D eigenvalue weighted by atomic mass is 10.2. The minimum Gasteiger partial charge on any atom is -0.341 e. The molecule has 106 valence electrons. The van der Waals surface area contributed by atoms with Gasteiger partial charge in [0.1, 0.15) is 0 Å². The van der Waals surface area contributed by atoms with E-state index in [-0.39, 0.29) is 10.6 Å². The monoisotopic (exact) mass is 282 g/mol. The summed E-state index contributed by atoms with van der Waals surface area (Å²) in [6, 6.07) is 7.53. The second-order valence-corrected chi connectivity index (χ2v) is 5.47. The number of imidazole rings is 1. The third kappa shape index (κ3) is 2.08. The SMILES string of the molecule is O=[N+]([O-])c1ccc2ccn(Cc3cncn3C3CC3)c2c1. The van der Waals surface area contributed by atoms with E-state index in [0.29, 0.717) is 12.6 Å². The predicted octanol–water partition coefficient (Wildman–Crippen LogP) is 3.13. The van der Waals surface area contributed by atoms with Crippen LogP contribution in [0.15, 0.2) is 43.0 Å². The average Bonchev–Trinajstić information content (AvgIpc) is 3.09. The molecule has 0 radical (unpaired) electrons. The standard InChI is InChI=1S/C15H14N4O2/c20-19(21)13-2-1-11-5-6-17(15(11)7-13)9-14-8-16-10-18(14)12-3-4-12/h1-2,5-8,10,12H,3-4,9H2. The summed E-state index contributed by atoms with van der Waals surface area (Å²) in [4.78, 5) is 14.8. The van der Waals surface area contributed by atoms with Crippen molar-refractivity contribution in [3.8, 4) is 0 Å². The maximum absolute atomic E-state index is 10.9. The Hall–Kier alpha value is -2.63. The zero-order chi connectivity index (χ0) is 14.4. The molecule has 0 bridgehead atoms. The molecule has 0 atom stereocenters. The zero-order valence-electron chi connectivity index (χ0n) is 11.3. The molecule has 1 saturated carbocycles. The lowest BCUT2D eigenvalue weighted by Gasteiger charge is -2.08. The van der Waals surface area contributed by atoms with Crippen LogP contribution in [0, 0.1) is 10.1 Å². The Kier molecular flexibility index (Phi) is 2.57. The molecule has 2 heterocycles. The quantitative estimate of drug-likeness (QED) is 0.545. The number of aromatic nitrogens is 3. The minimum absolute atomic E-state index is 0.123. The van der Waals surface area contributed by atoms with E-state index in [2.05, 4.69) is 9.55 Å². The number of benzene rings is 1. The Morgan fingerprint density at radius 3 is 2.95 bits per heavy atom. The summed E-state index contributed by atoms with van der Waals surface area (Å²) in [6.07, 6.45) is 8.14. The summed E-state index contributed by atoms with van der Waals surface area (Å²) in [5.74, 6) is 0. The van der Waals surface area contributed by atoms with E-state index in [1.165, 1.54) is 12.8 Å². The van der Waals surface area contributed by atoms with Gasteiger partial charge in [-0.05, 0) is 25.0 Å². The van der Waals surface area contributed by atoms with Crippen molar-refractivity contribution in [1.82, 2.24) is 14.1 Å². The van der Waals surface area contributed by atoms with Crippen LogP contribution < -0.4 is 0 Å². The summed E-state index contributed by atoms with van der Waals surface area (Å²) >= 11 is 0. The highest BCUT2D eigenvalue weighted by molar-refractivity contribution is 5.82. The molecule has 4 rings (SSSR count). The first kappa shape index (κ1) is 12.1. The van der Waals surface area contributed by atoms with E-state index in [4.69, 9.17) is 0 Å². The van der Waals surface area contributed by atoms with E-state index in [9.17, 15) is 10.1 Å². The lowest BCUT2D eigenvalue weighted by Crippen LogP contribution is -2.05. The molecule has 1 aliphatic rings. The van der Waals surface area contributed by atoms with Gasteiger partial charge in [0.05, 0.1) is 29.0 Å². The van der Waals surface area contributed by atoms with E-state index >= 15 is 0 Å². The van der Waals surface area contributed by atoms with Crippen molar-refractivity contribution >= 4 is 16.6 Å². The summed E-state index contributed by atoms with van der Waals surface area (Å²) in [7, 11) is 0. The molecule has 3 aromatic rings. The maximum atomic E-state index is 10.9. The van der Waals surface area contributed by atoms with Crippen molar-refractivity contribution < 1.29 is 4.92 Å². The van der Waals surface area contributed by atoms with Gasteiger partial charge in [-0.3, -0.25) is 10.1 Å². The van der Waals surface area contributed by atoms with Crippen LogP contribution in [0.25, 0.3) is 10.9 Å². The third-order valence-electron chi connectivity index (χ3n) is 3.99. The van der Waals surface area contributed by atoms with Crippen molar-refractivity contribution in [3.63, 3.8) is 0 Å². The Morgan fingerprint density at radius 2 is 2.19 bits per heavy atom. The van der Waals surface area contributed by atoms with Gasteiger partial charge in [-0.15, -0.1) is 0 Å². The summed E-state index contributed by atoms with van der Waals surface area (Å²) in [6.45, 7) is 0.682. The highest BCUT2D eigenvalue weighted by Crippen LogP contribution is 2.36. The predicted molar refractivity (Wildman–Crippen MR) is 78.2 cm³/mol. The molecule has 6 heteroatoms. The van der Waals surface area contributed by atoms with Gasteiger partial charge in [0.15, 0.2) is 0 Å². The fourth-order valence-corrected chi connectivity index (χ4v) is 2.73. The first-order valence-electron chi connectivity index (χ1n) is 6.96. The molecule has 1 aromatic carbocycles. The van der Waals surface area contributed by atoms with Crippen molar-refractivity contribution in [1.29, 1.82) is 0 Å². The van der Waals surface area contributed by atoms with E-state index in [1.807, 2.05) is 29.4 Å². The highest BCUT2D eigenvalue weighted by atomic mass is 16.6. The fraction of sp³-hybridized carbons (Fsp3) is 0.267.